The lowest BCUT2D eigenvalue weighted by molar-refractivity contribution is 0.0186. The fourth-order valence-corrected chi connectivity index (χ4v) is 0.442. The molecular formula is C4H4F4. The van der Waals surface area contributed by atoms with Gasteiger partial charge in [-0.05, 0) is 0 Å². The molecule has 1 aliphatic carbocycles. The standard InChI is InChI=1S/C4H4F4/c5-2-1-4(2,8)3(6)7/h2-3H,1H2. The second-order valence-electron chi connectivity index (χ2n) is 1.90. The number of halogens is 4. The van der Waals surface area contributed by atoms with Crippen molar-refractivity contribution in [3.8, 4) is 0 Å². The molecule has 2 atom stereocenters. The van der Waals surface area contributed by atoms with E-state index in [2.05, 4.69) is 0 Å². The van der Waals surface area contributed by atoms with Crippen LogP contribution in [0, 0.1) is 0 Å². The molecule has 2 unspecified atom stereocenters. The van der Waals surface area contributed by atoms with Gasteiger partial charge in [0, 0.05) is 6.42 Å². The topological polar surface area (TPSA) is 0 Å². The van der Waals surface area contributed by atoms with Gasteiger partial charge in [-0.1, -0.05) is 0 Å². The second-order valence-corrected chi connectivity index (χ2v) is 1.90. The van der Waals surface area contributed by atoms with Crippen molar-refractivity contribution >= 4 is 0 Å². The van der Waals surface area contributed by atoms with Crippen LogP contribution in [0.3, 0.4) is 0 Å². The molecule has 0 heterocycles. The van der Waals surface area contributed by atoms with E-state index in [-0.39, 0.29) is 0 Å². The van der Waals surface area contributed by atoms with E-state index in [4.69, 9.17) is 0 Å². The quantitative estimate of drug-likeness (QED) is 0.471. The van der Waals surface area contributed by atoms with Crippen LogP contribution in [0.1, 0.15) is 6.42 Å². The van der Waals surface area contributed by atoms with Crippen LogP contribution in [0.25, 0.3) is 0 Å². The molecule has 0 bridgehead atoms. The Hall–Kier alpha value is -0.280. The van der Waals surface area contributed by atoms with Crippen LogP contribution in [0.2, 0.25) is 0 Å². The highest BCUT2D eigenvalue weighted by molar-refractivity contribution is 5.07. The van der Waals surface area contributed by atoms with E-state index in [1.165, 1.54) is 0 Å². The lowest BCUT2D eigenvalue weighted by Gasteiger charge is -1.98. The van der Waals surface area contributed by atoms with E-state index in [9.17, 15) is 17.6 Å². The molecule has 0 aromatic heterocycles. The van der Waals surface area contributed by atoms with Crippen LogP contribution < -0.4 is 0 Å². The van der Waals surface area contributed by atoms with E-state index >= 15 is 0 Å². The zero-order valence-electron chi connectivity index (χ0n) is 3.87. The van der Waals surface area contributed by atoms with Gasteiger partial charge in [0.15, 0.2) is 0 Å². The minimum absolute atomic E-state index is 0.634. The molecule has 1 saturated carbocycles. The van der Waals surface area contributed by atoms with Crippen LogP contribution >= 0.6 is 0 Å². The minimum atomic E-state index is -3.16. The Balaban J connectivity index is 2.47. The fourth-order valence-electron chi connectivity index (χ4n) is 0.442. The summed E-state index contributed by atoms with van der Waals surface area (Å²) in [5.41, 5.74) is -2.79. The van der Waals surface area contributed by atoms with Gasteiger partial charge in [-0.3, -0.25) is 0 Å². The van der Waals surface area contributed by atoms with Crippen molar-refractivity contribution in [2.24, 2.45) is 0 Å². The van der Waals surface area contributed by atoms with Crippen molar-refractivity contribution in [3.63, 3.8) is 0 Å². The summed E-state index contributed by atoms with van der Waals surface area (Å²) in [6.07, 6.45) is -5.72. The van der Waals surface area contributed by atoms with Gasteiger partial charge in [0.2, 0.25) is 5.67 Å². The molecule has 0 spiro atoms. The highest BCUT2D eigenvalue weighted by atomic mass is 19.3. The summed E-state index contributed by atoms with van der Waals surface area (Å²) in [4.78, 5) is 0. The molecule has 1 rings (SSSR count). The van der Waals surface area contributed by atoms with Crippen molar-refractivity contribution in [2.75, 3.05) is 0 Å². The molecule has 0 aromatic rings. The zero-order chi connectivity index (χ0) is 6.36. The normalized spacial score (nSPS) is 45.4. The number of hydrogen-bond acceptors (Lipinski definition) is 0. The Kier molecular flexibility index (Phi) is 0.994. The smallest absolute Gasteiger partial charge is 0.244 e. The highest BCUT2D eigenvalue weighted by Gasteiger charge is 2.63. The van der Waals surface area contributed by atoms with E-state index in [0.29, 0.717) is 0 Å². The molecule has 0 N–H and O–H groups in total. The Labute approximate surface area is 43.5 Å². The predicted molar refractivity (Wildman–Crippen MR) is 19.4 cm³/mol. The van der Waals surface area contributed by atoms with Crippen LogP contribution in [0.15, 0.2) is 0 Å². The van der Waals surface area contributed by atoms with Crippen molar-refractivity contribution in [3.05, 3.63) is 0 Å². The summed E-state index contributed by atoms with van der Waals surface area (Å²) < 4.78 is 45.9. The van der Waals surface area contributed by atoms with Crippen LogP contribution in [-0.2, 0) is 0 Å². The number of rotatable bonds is 1. The monoisotopic (exact) mass is 128 g/mol. The van der Waals surface area contributed by atoms with Gasteiger partial charge in [0.1, 0.15) is 6.17 Å². The predicted octanol–water partition coefficient (Wildman–Crippen LogP) is 1.70. The maximum atomic E-state index is 11.9. The first-order valence-electron chi connectivity index (χ1n) is 2.18. The zero-order valence-corrected chi connectivity index (χ0v) is 3.87. The summed E-state index contributed by atoms with van der Waals surface area (Å²) in [6, 6.07) is 0. The maximum absolute atomic E-state index is 11.9. The highest BCUT2D eigenvalue weighted by Crippen LogP contribution is 2.47. The lowest BCUT2D eigenvalue weighted by Crippen LogP contribution is -2.16. The van der Waals surface area contributed by atoms with Gasteiger partial charge in [-0.2, -0.15) is 0 Å². The number of alkyl halides is 4. The number of hydrogen-bond donors (Lipinski definition) is 0. The van der Waals surface area contributed by atoms with E-state index in [1.807, 2.05) is 0 Å². The van der Waals surface area contributed by atoms with Gasteiger partial charge in [-0.25, -0.2) is 17.6 Å². The van der Waals surface area contributed by atoms with Gasteiger partial charge in [-0.15, -0.1) is 0 Å². The first-order chi connectivity index (χ1) is 3.57. The van der Waals surface area contributed by atoms with Crippen molar-refractivity contribution in [2.45, 2.75) is 24.7 Å². The molecule has 4 heteroatoms. The molecule has 0 saturated heterocycles. The molecule has 0 aromatic carbocycles. The molecule has 48 valence electrons. The van der Waals surface area contributed by atoms with Crippen LogP contribution in [-0.4, -0.2) is 18.3 Å². The van der Waals surface area contributed by atoms with Crippen LogP contribution in [0.4, 0.5) is 17.6 Å². The maximum Gasteiger partial charge on any atom is 0.275 e. The minimum Gasteiger partial charge on any atom is -0.244 e. The Morgan fingerprint density at radius 3 is 1.88 bits per heavy atom. The molecule has 8 heavy (non-hydrogen) atoms. The Bertz CT molecular complexity index is 102. The second kappa shape index (κ2) is 1.36. The summed E-state index contributed by atoms with van der Waals surface area (Å²) in [7, 11) is 0. The third-order valence-corrected chi connectivity index (χ3v) is 1.22. The van der Waals surface area contributed by atoms with Gasteiger partial charge in [0.25, 0.3) is 6.43 Å². The summed E-state index contributed by atoms with van der Waals surface area (Å²) >= 11 is 0. The SMILES string of the molecule is FC(F)C1(F)CC1F. The lowest BCUT2D eigenvalue weighted by atomic mass is 10.4. The Morgan fingerprint density at radius 1 is 1.50 bits per heavy atom. The fraction of sp³-hybridized carbons (Fsp3) is 1.00. The first kappa shape index (κ1) is 5.85. The molecule has 1 fully saturated rings. The summed E-state index contributed by atoms with van der Waals surface area (Å²) in [6.45, 7) is 0. The van der Waals surface area contributed by atoms with Gasteiger partial charge < -0.3 is 0 Å². The average Bonchev–Trinajstić information content (AvgIpc) is 2.17. The Morgan fingerprint density at radius 2 is 1.88 bits per heavy atom. The summed E-state index contributed by atoms with van der Waals surface area (Å²) in [5, 5.41) is 0. The van der Waals surface area contributed by atoms with E-state index in [1.54, 1.807) is 0 Å². The average molecular weight is 128 g/mol. The van der Waals surface area contributed by atoms with E-state index in [0.717, 1.165) is 0 Å². The van der Waals surface area contributed by atoms with Crippen molar-refractivity contribution in [1.29, 1.82) is 0 Å². The summed E-state index contributed by atoms with van der Waals surface area (Å²) in [5.74, 6) is 0. The largest absolute Gasteiger partial charge is 0.275 e. The first-order valence-corrected chi connectivity index (χ1v) is 2.18. The van der Waals surface area contributed by atoms with E-state index < -0.39 is 24.7 Å². The molecular weight excluding hydrogens is 124 g/mol. The van der Waals surface area contributed by atoms with Gasteiger partial charge in [0.05, 0.1) is 0 Å². The van der Waals surface area contributed by atoms with Crippen molar-refractivity contribution < 1.29 is 17.6 Å². The third-order valence-electron chi connectivity index (χ3n) is 1.22. The third kappa shape index (κ3) is 0.588. The van der Waals surface area contributed by atoms with Crippen LogP contribution in [0.5, 0.6) is 0 Å². The molecule has 0 nitrogen and oxygen atoms in total. The molecule has 0 radical (unpaired) electrons. The van der Waals surface area contributed by atoms with Crippen molar-refractivity contribution in [1.82, 2.24) is 0 Å². The molecule has 0 aliphatic heterocycles. The molecule has 0 amide bonds. The molecule has 1 aliphatic rings. The van der Waals surface area contributed by atoms with Gasteiger partial charge >= 0.3 is 0 Å².